The van der Waals surface area contributed by atoms with E-state index in [1.54, 1.807) is 18.3 Å². The van der Waals surface area contributed by atoms with Crippen molar-refractivity contribution in [1.29, 1.82) is 0 Å². The molecule has 98 valence electrons. The molecule has 0 aliphatic heterocycles. The molecule has 0 bridgehead atoms. The number of halogens is 1. The number of nitrogens with zero attached hydrogens (tertiary/aromatic N) is 2. The van der Waals surface area contributed by atoms with Crippen molar-refractivity contribution in [2.45, 2.75) is 4.21 Å². The quantitative estimate of drug-likeness (QED) is 0.777. The fourth-order valence-corrected chi connectivity index (χ4v) is 3.99. The first kappa shape index (κ1) is 12.4. The number of hydrogen-bond donors (Lipinski definition) is 2. The second kappa shape index (κ2) is 4.48. The Bertz CT molecular complexity index is 840. The zero-order chi connectivity index (χ0) is 13.5. The summed E-state index contributed by atoms with van der Waals surface area (Å²) in [5, 5.41) is 7.35. The third kappa shape index (κ3) is 2.29. The molecule has 0 atom stereocenters. The van der Waals surface area contributed by atoms with Gasteiger partial charge in [-0.05, 0) is 12.1 Å². The topological polar surface area (TPSA) is 87.7 Å². The lowest BCUT2D eigenvalue weighted by molar-refractivity contribution is 0.603. The molecule has 3 aromatic rings. The Labute approximate surface area is 117 Å². The van der Waals surface area contributed by atoms with Gasteiger partial charge in [0.25, 0.3) is 10.0 Å². The maximum Gasteiger partial charge on any atom is 0.273 e. The predicted octanol–water partition coefficient (Wildman–Crippen LogP) is 2.47. The van der Waals surface area contributed by atoms with Crippen LogP contribution in [0.2, 0.25) is 4.47 Å². The van der Waals surface area contributed by atoms with E-state index in [0.717, 1.165) is 16.9 Å². The molecule has 1 aromatic carbocycles. The van der Waals surface area contributed by atoms with Gasteiger partial charge in [0.1, 0.15) is 0 Å². The molecule has 0 saturated heterocycles. The van der Waals surface area contributed by atoms with Gasteiger partial charge in [-0.25, -0.2) is 13.4 Å². The van der Waals surface area contributed by atoms with Crippen molar-refractivity contribution < 1.29 is 8.42 Å². The van der Waals surface area contributed by atoms with Crippen LogP contribution in [0, 0.1) is 0 Å². The molecule has 6 nitrogen and oxygen atoms in total. The molecule has 0 aliphatic rings. The minimum Gasteiger partial charge on any atom is -0.278 e. The van der Waals surface area contributed by atoms with Gasteiger partial charge in [0.15, 0.2) is 8.68 Å². The van der Waals surface area contributed by atoms with Crippen LogP contribution in [0.3, 0.4) is 0 Å². The average molecular weight is 315 g/mol. The molecule has 2 aromatic heterocycles. The van der Waals surface area contributed by atoms with Gasteiger partial charge in [-0.15, -0.1) is 0 Å². The molecular weight excluding hydrogens is 308 g/mol. The third-order valence-electron chi connectivity index (χ3n) is 2.45. The number of thiazole rings is 1. The van der Waals surface area contributed by atoms with Gasteiger partial charge in [0.05, 0.1) is 23.6 Å². The Morgan fingerprint density at radius 2 is 2.16 bits per heavy atom. The van der Waals surface area contributed by atoms with Crippen molar-refractivity contribution in [2.24, 2.45) is 0 Å². The molecule has 0 amide bonds. The number of hydrogen-bond acceptors (Lipinski definition) is 5. The Morgan fingerprint density at radius 3 is 2.89 bits per heavy atom. The highest BCUT2D eigenvalue weighted by Gasteiger charge is 2.18. The van der Waals surface area contributed by atoms with E-state index in [1.165, 1.54) is 6.20 Å². The van der Waals surface area contributed by atoms with E-state index < -0.39 is 10.0 Å². The third-order valence-corrected chi connectivity index (χ3v) is 5.39. The highest BCUT2D eigenvalue weighted by molar-refractivity contribution is 7.94. The van der Waals surface area contributed by atoms with Crippen molar-refractivity contribution >= 4 is 49.6 Å². The van der Waals surface area contributed by atoms with Crippen LogP contribution in [0.5, 0.6) is 0 Å². The fraction of sp³-hybridized carbons (Fsp3) is 0. The summed E-state index contributed by atoms with van der Waals surface area (Å²) in [6.07, 6.45) is 2.79. The smallest absolute Gasteiger partial charge is 0.273 e. The minimum absolute atomic E-state index is 0.0676. The first-order valence-corrected chi connectivity index (χ1v) is 7.80. The highest BCUT2D eigenvalue weighted by atomic mass is 35.5. The predicted molar refractivity (Wildman–Crippen MR) is 74.0 cm³/mol. The molecule has 0 radical (unpaired) electrons. The van der Waals surface area contributed by atoms with Crippen LogP contribution in [-0.4, -0.2) is 23.6 Å². The number of rotatable bonds is 3. The van der Waals surface area contributed by atoms with Crippen molar-refractivity contribution in [3.05, 3.63) is 35.1 Å². The van der Waals surface area contributed by atoms with Gasteiger partial charge in [-0.3, -0.25) is 9.82 Å². The second-order valence-electron chi connectivity index (χ2n) is 3.67. The molecule has 2 heterocycles. The van der Waals surface area contributed by atoms with Crippen molar-refractivity contribution in [3.63, 3.8) is 0 Å². The Kier molecular flexibility index (Phi) is 2.92. The van der Waals surface area contributed by atoms with Gasteiger partial charge in [-0.2, -0.15) is 5.10 Å². The molecule has 2 N–H and O–H groups in total. The van der Waals surface area contributed by atoms with Crippen LogP contribution in [0.25, 0.3) is 10.9 Å². The van der Waals surface area contributed by atoms with Crippen LogP contribution >= 0.6 is 22.9 Å². The van der Waals surface area contributed by atoms with E-state index in [0.29, 0.717) is 11.1 Å². The van der Waals surface area contributed by atoms with E-state index >= 15 is 0 Å². The highest BCUT2D eigenvalue weighted by Crippen LogP contribution is 2.27. The zero-order valence-electron chi connectivity index (χ0n) is 9.29. The summed E-state index contributed by atoms with van der Waals surface area (Å²) in [5.41, 5.74) is 1.21. The number of H-pyrrole nitrogens is 1. The van der Waals surface area contributed by atoms with Crippen LogP contribution in [-0.2, 0) is 10.0 Å². The lowest BCUT2D eigenvalue weighted by Crippen LogP contribution is -2.11. The zero-order valence-corrected chi connectivity index (χ0v) is 11.7. The van der Waals surface area contributed by atoms with E-state index in [-0.39, 0.29) is 8.68 Å². The van der Waals surface area contributed by atoms with Crippen molar-refractivity contribution in [3.8, 4) is 0 Å². The number of sulfonamides is 1. The van der Waals surface area contributed by atoms with Crippen molar-refractivity contribution in [1.82, 2.24) is 15.2 Å². The van der Waals surface area contributed by atoms with E-state index in [1.807, 2.05) is 6.07 Å². The maximum atomic E-state index is 12.2. The van der Waals surface area contributed by atoms with E-state index in [9.17, 15) is 8.42 Å². The maximum absolute atomic E-state index is 12.2. The van der Waals surface area contributed by atoms with Crippen molar-refractivity contribution in [2.75, 3.05) is 4.72 Å². The summed E-state index contributed by atoms with van der Waals surface area (Å²) in [6, 6.07) is 5.21. The second-order valence-corrected chi connectivity index (χ2v) is 7.20. The van der Waals surface area contributed by atoms with Gasteiger partial charge < -0.3 is 0 Å². The van der Waals surface area contributed by atoms with Gasteiger partial charge in [-0.1, -0.05) is 29.0 Å². The normalized spacial score (nSPS) is 11.8. The molecule has 0 spiro atoms. The number of aromatic amines is 1. The average Bonchev–Trinajstić information content (AvgIpc) is 2.97. The summed E-state index contributed by atoms with van der Waals surface area (Å²) in [4.78, 5) is 3.72. The first-order valence-electron chi connectivity index (χ1n) is 5.12. The fourth-order valence-electron chi connectivity index (χ4n) is 1.62. The molecule has 0 unspecified atom stereocenters. The Morgan fingerprint density at radius 1 is 1.32 bits per heavy atom. The Hall–Kier alpha value is -1.64. The lowest BCUT2D eigenvalue weighted by atomic mass is 10.2. The first-order chi connectivity index (χ1) is 9.06. The number of anilines is 1. The van der Waals surface area contributed by atoms with Gasteiger partial charge in [0.2, 0.25) is 0 Å². The Balaban J connectivity index is 2.03. The van der Waals surface area contributed by atoms with Gasteiger partial charge >= 0.3 is 0 Å². The van der Waals surface area contributed by atoms with Crippen LogP contribution < -0.4 is 4.72 Å². The van der Waals surface area contributed by atoms with Gasteiger partial charge in [0, 0.05) is 5.39 Å². The minimum atomic E-state index is -3.68. The van der Waals surface area contributed by atoms with Crippen LogP contribution in [0.4, 0.5) is 5.69 Å². The molecule has 0 saturated carbocycles. The largest absolute Gasteiger partial charge is 0.278 e. The molecular formula is C10H7ClN4O2S2. The monoisotopic (exact) mass is 314 g/mol. The lowest BCUT2D eigenvalue weighted by Gasteiger charge is -2.06. The number of aromatic nitrogens is 3. The summed E-state index contributed by atoms with van der Waals surface area (Å²) < 4.78 is 27.1. The van der Waals surface area contributed by atoms with Crippen LogP contribution in [0.1, 0.15) is 0 Å². The number of benzene rings is 1. The molecule has 9 heteroatoms. The summed E-state index contributed by atoms with van der Waals surface area (Å²) in [5.74, 6) is 0. The SMILES string of the molecule is O=S(=O)(Nc1cccc2[nH]ncc12)c1cnc(Cl)s1. The number of fused-ring (bicyclic) bond motifs is 1. The summed E-state index contributed by atoms with van der Waals surface area (Å²) in [6.45, 7) is 0. The van der Waals surface area contributed by atoms with E-state index in [2.05, 4.69) is 19.9 Å². The van der Waals surface area contributed by atoms with Crippen LogP contribution in [0.15, 0.2) is 34.8 Å². The molecule has 19 heavy (non-hydrogen) atoms. The molecule has 0 aliphatic carbocycles. The number of nitrogens with one attached hydrogen (secondary N) is 2. The summed E-state index contributed by atoms with van der Waals surface area (Å²) in [7, 11) is -3.68. The standard InChI is InChI=1S/C10H7ClN4O2S2/c11-10-12-5-9(18-10)19(16,17)15-8-3-1-2-7-6(8)4-13-14-7/h1-5,15H,(H,13,14). The van der Waals surface area contributed by atoms with E-state index in [4.69, 9.17) is 11.6 Å². The molecule has 3 rings (SSSR count). The molecule has 0 fully saturated rings. The summed E-state index contributed by atoms with van der Waals surface area (Å²) >= 11 is 6.55.